The maximum absolute atomic E-state index is 8.86. The van der Waals surface area contributed by atoms with E-state index in [1.165, 1.54) is 0 Å². The Labute approximate surface area is 108 Å². The molecule has 2 rings (SSSR count). The standard InChI is InChI=1S/C11H8Cl2N4/c1-2-15-11-10(13)16-8-3-6(5-14)7(12)4-9(8)17-11/h3-4H,2H2,1H3,(H,15,17). The van der Waals surface area contributed by atoms with Crippen LogP contribution in [0, 0.1) is 11.3 Å². The number of fused-ring (bicyclic) bond motifs is 1. The maximum atomic E-state index is 8.86. The molecule has 0 unspecified atom stereocenters. The molecule has 86 valence electrons. The van der Waals surface area contributed by atoms with Gasteiger partial charge in [-0.25, -0.2) is 9.97 Å². The molecule has 0 fully saturated rings. The first-order valence-electron chi connectivity index (χ1n) is 4.96. The zero-order chi connectivity index (χ0) is 12.4. The Morgan fingerprint density at radius 2 is 2.00 bits per heavy atom. The molecule has 0 radical (unpaired) electrons. The molecular weight excluding hydrogens is 259 g/mol. The van der Waals surface area contributed by atoms with E-state index in [4.69, 9.17) is 28.5 Å². The first-order chi connectivity index (χ1) is 8.15. The monoisotopic (exact) mass is 266 g/mol. The van der Waals surface area contributed by atoms with Gasteiger partial charge in [0.1, 0.15) is 6.07 Å². The molecule has 0 aliphatic carbocycles. The van der Waals surface area contributed by atoms with Crippen LogP contribution in [0.4, 0.5) is 5.82 Å². The molecule has 4 nitrogen and oxygen atoms in total. The fraction of sp³-hybridized carbons (Fsp3) is 0.182. The summed E-state index contributed by atoms with van der Waals surface area (Å²) in [6.45, 7) is 2.64. The largest absolute Gasteiger partial charge is 0.368 e. The minimum atomic E-state index is 0.283. The number of hydrogen-bond acceptors (Lipinski definition) is 4. The van der Waals surface area contributed by atoms with E-state index in [1.54, 1.807) is 12.1 Å². The van der Waals surface area contributed by atoms with Crippen LogP contribution in [0.25, 0.3) is 11.0 Å². The molecule has 0 saturated heterocycles. The second-order valence-electron chi connectivity index (χ2n) is 3.33. The first kappa shape index (κ1) is 11.9. The number of rotatable bonds is 2. The van der Waals surface area contributed by atoms with Crippen molar-refractivity contribution in [1.29, 1.82) is 5.26 Å². The van der Waals surface area contributed by atoms with Gasteiger partial charge in [0.05, 0.1) is 21.6 Å². The van der Waals surface area contributed by atoms with Crippen LogP contribution in [0.5, 0.6) is 0 Å². The lowest BCUT2D eigenvalue weighted by Gasteiger charge is -2.06. The number of anilines is 1. The van der Waals surface area contributed by atoms with Crippen LogP contribution < -0.4 is 5.32 Å². The van der Waals surface area contributed by atoms with Crippen molar-refractivity contribution in [3.63, 3.8) is 0 Å². The number of hydrogen-bond donors (Lipinski definition) is 1. The Hall–Kier alpha value is -1.57. The predicted octanol–water partition coefficient (Wildman–Crippen LogP) is 3.24. The average molecular weight is 267 g/mol. The van der Waals surface area contributed by atoms with E-state index in [-0.39, 0.29) is 5.15 Å². The van der Waals surface area contributed by atoms with Crippen molar-refractivity contribution >= 4 is 40.1 Å². The van der Waals surface area contributed by atoms with E-state index >= 15 is 0 Å². The lowest BCUT2D eigenvalue weighted by molar-refractivity contribution is 1.15. The van der Waals surface area contributed by atoms with Gasteiger partial charge in [-0.05, 0) is 19.1 Å². The van der Waals surface area contributed by atoms with E-state index in [0.717, 1.165) is 0 Å². The van der Waals surface area contributed by atoms with E-state index < -0.39 is 0 Å². The van der Waals surface area contributed by atoms with Crippen molar-refractivity contribution in [3.05, 3.63) is 27.9 Å². The first-order valence-corrected chi connectivity index (χ1v) is 5.72. The molecule has 1 N–H and O–H groups in total. The topological polar surface area (TPSA) is 61.6 Å². The second kappa shape index (κ2) is 4.74. The summed E-state index contributed by atoms with van der Waals surface area (Å²) in [4.78, 5) is 8.48. The highest BCUT2D eigenvalue weighted by Crippen LogP contribution is 2.25. The predicted molar refractivity (Wildman–Crippen MR) is 68.4 cm³/mol. The van der Waals surface area contributed by atoms with Crippen LogP contribution in [0.1, 0.15) is 12.5 Å². The van der Waals surface area contributed by atoms with Crippen molar-refractivity contribution in [2.45, 2.75) is 6.92 Å². The van der Waals surface area contributed by atoms with Crippen LogP contribution in [-0.2, 0) is 0 Å². The molecule has 0 atom stereocenters. The summed E-state index contributed by atoms with van der Waals surface area (Å²) in [7, 11) is 0. The third-order valence-electron chi connectivity index (χ3n) is 2.18. The van der Waals surface area contributed by atoms with Gasteiger partial charge in [-0.2, -0.15) is 5.26 Å². The quantitative estimate of drug-likeness (QED) is 0.907. The van der Waals surface area contributed by atoms with Gasteiger partial charge in [0.2, 0.25) is 0 Å². The molecular formula is C11H8Cl2N4. The van der Waals surface area contributed by atoms with Crippen LogP contribution in [-0.4, -0.2) is 16.5 Å². The second-order valence-corrected chi connectivity index (χ2v) is 4.09. The van der Waals surface area contributed by atoms with Crippen LogP contribution in [0.15, 0.2) is 12.1 Å². The molecule has 6 heteroatoms. The summed E-state index contributed by atoms with van der Waals surface area (Å²) in [6, 6.07) is 5.17. The van der Waals surface area contributed by atoms with Crippen molar-refractivity contribution in [3.8, 4) is 6.07 Å². The smallest absolute Gasteiger partial charge is 0.172 e. The lowest BCUT2D eigenvalue weighted by atomic mass is 10.2. The molecule has 0 spiro atoms. The van der Waals surface area contributed by atoms with Gasteiger partial charge in [-0.3, -0.25) is 0 Å². The number of nitrogens with one attached hydrogen (secondary N) is 1. The molecule has 0 saturated carbocycles. The SMILES string of the molecule is CCNc1nc2cc(Cl)c(C#N)cc2nc1Cl. The van der Waals surface area contributed by atoms with E-state index in [9.17, 15) is 0 Å². The van der Waals surface area contributed by atoms with Crippen LogP contribution in [0.3, 0.4) is 0 Å². The van der Waals surface area contributed by atoms with Crippen molar-refractivity contribution in [2.75, 3.05) is 11.9 Å². The normalized spacial score (nSPS) is 10.2. The number of halogens is 2. The summed E-state index contributed by atoms with van der Waals surface area (Å²) in [6.07, 6.45) is 0. The Bertz CT molecular complexity index is 619. The molecule has 0 aliphatic rings. The molecule has 1 aromatic heterocycles. The van der Waals surface area contributed by atoms with Gasteiger partial charge in [0, 0.05) is 6.54 Å². The highest BCUT2D eigenvalue weighted by Gasteiger charge is 2.09. The van der Waals surface area contributed by atoms with Gasteiger partial charge < -0.3 is 5.32 Å². The minimum Gasteiger partial charge on any atom is -0.368 e. The van der Waals surface area contributed by atoms with Crippen molar-refractivity contribution < 1.29 is 0 Å². The number of benzene rings is 1. The fourth-order valence-electron chi connectivity index (χ4n) is 1.42. The number of nitrogens with zero attached hydrogens (tertiary/aromatic N) is 3. The summed E-state index contributed by atoms with van der Waals surface area (Å²) >= 11 is 11.9. The van der Waals surface area contributed by atoms with Crippen molar-refractivity contribution in [1.82, 2.24) is 9.97 Å². The number of nitriles is 1. The zero-order valence-electron chi connectivity index (χ0n) is 8.96. The van der Waals surface area contributed by atoms with Crippen LogP contribution in [0.2, 0.25) is 10.2 Å². The molecule has 1 heterocycles. The van der Waals surface area contributed by atoms with E-state index in [1.807, 2.05) is 13.0 Å². The lowest BCUT2D eigenvalue weighted by Crippen LogP contribution is -2.01. The van der Waals surface area contributed by atoms with Gasteiger partial charge in [-0.1, -0.05) is 23.2 Å². The third-order valence-corrected chi connectivity index (χ3v) is 2.75. The van der Waals surface area contributed by atoms with Crippen LogP contribution >= 0.6 is 23.2 Å². The van der Waals surface area contributed by atoms with Gasteiger partial charge in [0.25, 0.3) is 0 Å². The molecule has 0 bridgehead atoms. The van der Waals surface area contributed by atoms with E-state index in [2.05, 4.69) is 15.3 Å². The zero-order valence-corrected chi connectivity index (χ0v) is 10.5. The van der Waals surface area contributed by atoms with Crippen molar-refractivity contribution in [2.24, 2.45) is 0 Å². The third kappa shape index (κ3) is 2.26. The minimum absolute atomic E-state index is 0.283. The average Bonchev–Trinajstić information content (AvgIpc) is 2.30. The molecule has 17 heavy (non-hydrogen) atoms. The van der Waals surface area contributed by atoms with Gasteiger partial charge in [-0.15, -0.1) is 0 Å². The molecule has 0 amide bonds. The summed E-state index contributed by atoms with van der Waals surface area (Å²) in [5.74, 6) is 0.516. The Morgan fingerprint density at radius 1 is 1.29 bits per heavy atom. The summed E-state index contributed by atoms with van der Waals surface area (Å²) in [5, 5.41) is 12.5. The highest BCUT2D eigenvalue weighted by molar-refractivity contribution is 6.33. The summed E-state index contributed by atoms with van der Waals surface area (Å²) < 4.78 is 0. The number of aromatic nitrogens is 2. The van der Waals surface area contributed by atoms with Gasteiger partial charge in [0.15, 0.2) is 11.0 Å². The maximum Gasteiger partial charge on any atom is 0.172 e. The Kier molecular flexibility index (Phi) is 3.32. The Morgan fingerprint density at radius 3 is 2.65 bits per heavy atom. The summed E-state index contributed by atoms with van der Waals surface area (Å²) in [5.41, 5.74) is 1.52. The molecule has 0 aliphatic heterocycles. The molecule has 1 aromatic carbocycles. The molecule has 2 aromatic rings. The van der Waals surface area contributed by atoms with Gasteiger partial charge >= 0.3 is 0 Å². The fourth-order valence-corrected chi connectivity index (χ4v) is 1.82. The van der Waals surface area contributed by atoms with E-state index in [0.29, 0.717) is 34.0 Å². The Balaban J connectivity index is 2.67. The highest BCUT2D eigenvalue weighted by atomic mass is 35.5.